The molecule has 0 bridgehead atoms. The average molecular weight is 365 g/mol. The Kier molecular flexibility index (Phi) is 5.11. The number of ether oxygens (including phenoxy) is 1. The maximum Gasteiger partial charge on any atom is 0.433 e. The minimum Gasteiger partial charge on any atom is -0.497 e. The minimum atomic E-state index is -4.50. The lowest BCUT2D eigenvalue weighted by atomic mass is 9.89. The van der Waals surface area contributed by atoms with Crippen LogP contribution in [0, 0.1) is 5.92 Å². The van der Waals surface area contributed by atoms with Crippen molar-refractivity contribution in [2.24, 2.45) is 5.92 Å². The summed E-state index contributed by atoms with van der Waals surface area (Å²) >= 11 is 0. The topological polar surface area (TPSA) is 55.3 Å². The first-order valence-electron chi connectivity index (χ1n) is 8.22. The predicted octanol–water partition coefficient (Wildman–Crippen LogP) is 3.60. The molecule has 1 aromatic heterocycles. The van der Waals surface area contributed by atoms with E-state index in [1.54, 1.807) is 36.3 Å². The zero-order chi connectivity index (χ0) is 18.7. The number of ketones is 1. The van der Waals surface area contributed by atoms with E-state index in [9.17, 15) is 18.0 Å². The van der Waals surface area contributed by atoms with Gasteiger partial charge in [-0.05, 0) is 43.2 Å². The number of carbonyl (C=O) groups excluding carboxylic acids is 1. The molecule has 0 unspecified atom stereocenters. The van der Waals surface area contributed by atoms with Gasteiger partial charge in [0.1, 0.15) is 11.4 Å². The summed E-state index contributed by atoms with van der Waals surface area (Å²) < 4.78 is 43.4. The predicted molar refractivity (Wildman–Crippen MR) is 89.3 cm³/mol. The standard InChI is InChI=1S/C18H18F3N3O2/c1-26-14-4-2-12(3-5-14)16(25)13-7-10-24(11-8-13)17-22-9-6-15(23-17)18(19,20)21/h2-6,9,13H,7-8,10-11H2,1H3. The lowest BCUT2D eigenvalue weighted by Crippen LogP contribution is -2.37. The molecule has 3 rings (SSSR count). The molecule has 0 saturated carbocycles. The number of halogens is 3. The Balaban J connectivity index is 1.64. The van der Waals surface area contributed by atoms with Gasteiger partial charge in [0.05, 0.1) is 7.11 Å². The molecule has 26 heavy (non-hydrogen) atoms. The number of methoxy groups -OCH3 is 1. The fraction of sp³-hybridized carbons (Fsp3) is 0.389. The third-order valence-corrected chi connectivity index (χ3v) is 4.46. The smallest absolute Gasteiger partial charge is 0.433 e. The molecule has 0 aliphatic carbocycles. The Morgan fingerprint density at radius 3 is 2.38 bits per heavy atom. The molecule has 0 radical (unpaired) electrons. The molecule has 0 atom stereocenters. The first kappa shape index (κ1) is 18.2. The Morgan fingerprint density at radius 2 is 1.81 bits per heavy atom. The second-order valence-electron chi connectivity index (χ2n) is 6.09. The van der Waals surface area contributed by atoms with Gasteiger partial charge in [0.25, 0.3) is 0 Å². The second-order valence-corrected chi connectivity index (χ2v) is 6.09. The molecule has 1 fully saturated rings. The fourth-order valence-electron chi connectivity index (χ4n) is 2.99. The molecule has 1 aliphatic heterocycles. The number of hydrogen-bond donors (Lipinski definition) is 0. The quantitative estimate of drug-likeness (QED) is 0.775. The Morgan fingerprint density at radius 1 is 1.15 bits per heavy atom. The highest BCUT2D eigenvalue weighted by atomic mass is 19.4. The third-order valence-electron chi connectivity index (χ3n) is 4.46. The molecule has 1 aliphatic rings. The normalized spacial score (nSPS) is 15.8. The van der Waals surface area contributed by atoms with Gasteiger partial charge in [0.2, 0.25) is 5.95 Å². The fourth-order valence-corrected chi connectivity index (χ4v) is 2.99. The van der Waals surface area contributed by atoms with E-state index >= 15 is 0 Å². The molecule has 138 valence electrons. The van der Waals surface area contributed by atoms with E-state index in [2.05, 4.69) is 9.97 Å². The summed E-state index contributed by atoms with van der Waals surface area (Å²) in [5.41, 5.74) is -0.349. The summed E-state index contributed by atoms with van der Waals surface area (Å²) in [6.07, 6.45) is -2.30. The minimum absolute atomic E-state index is 0.0391. The molecule has 0 spiro atoms. The highest BCUT2D eigenvalue weighted by Crippen LogP contribution is 2.29. The SMILES string of the molecule is COc1ccc(C(=O)C2CCN(c3nccc(C(F)(F)F)n3)CC2)cc1. The molecule has 1 aromatic carbocycles. The van der Waals surface area contributed by atoms with Crippen LogP contribution in [0.15, 0.2) is 36.5 Å². The van der Waals surface area contributed by atoms with Crippen molar-refractivity contribution in [2.75, 3.05) is 25.1 Å². The summed E-state index contributed by atoms with van der Waals surface area (Å²) in [4.78, 5) is 21.8. The Hall–Kier alpha value is -2.64. The van der Waals surface area contributed by atoms with E-state index in [-0.39, 0.29) is 17.6 Å². The molecule has 0 N–H and O–H groups in total. The number of rotatable bonds is 4. The first-order valence-corrected chi connectivity index (χ1v) is 8.22. The summed E-state index contributed by atoms with van der Waals surface area (Å²) in [5.74, 6) is 0.607. The Labute approximate surface area is 148 Å². The zero-order valence-corrected chi connectivity index (χ0v) is 14.2. The average Bonchev–Trinajstić information content (AvgIpc) is 2.67. The second kappa shape index (κ2) is 7.31. The van der Waals surface area contributed by atoms with Crippen molar-refractivity contribution in [2.45, 2.75) is 19.0 Å². The number of piperidine rings is 1. The number of anilines is 1. The van der Waals surface area contributed by atoms with Crippen LogP contribution in [-0.4, -0.2) is 36.0 Å². The molecular weight excluding hydrogens is 347 g/mol. The first-order chi connectivity index (χ1) is 12.4. The van der Waals surface area contributed by atoms with Crippen LogP contribution in [0.5, 0.6) is 5.75 Å². The number of benzene rings is 1. The van der Waals surface area contributed by atoms with Gasteiger partial charge in [-0.15, -0.1) is 0 Å². The summed E-state index contributed by atoms with van der Waals surface area (Å²) in [5, 5.41) is 0. The van der Waals surface area contributed by atoms with Crippen LogP contribution in [0.1, 0.15) is 28.9 Å². The maximum absolute atomic E-state index is 12.8. The molecule has 5 nitrogen and oxygen atoms in total. The number of hydrogen-bond acceptors (Lipinski definition) is 5. The number of Topliss-reactive ketones (excluding diaryl/α,β-unsaturated/α-hetero) is 1. The van der Waals surface area contributed by atoms with Crippen molar-refractivity contribution in [1.29, 1.82) is 0 Å². The zero-order valence-electron chi connectivity index (χ0n) is 14.2. The van der Waals surface area contributed by atoms with Crippen LogP contribution in [-0.2, 0) is 6.18 Å². The van der Waals surface area contributed by atoms with E-state index in [0.29, 0.717) is 37.2 Å². The van der Waals surface area contributed by atoms with Gasteiger partial charge in [-0.2, -0.15) is 13.2 Å². The van der Waals surface area contributed by atoms with E-state index in [1.807, 2.05) is 0 Å². The van der Waals surface area contributed by atoms with E-state index in [1.165, 1.54) is 0 Å². The van der Waals surface area contributed by atoms with Gasteiger partial charge in [-0.25, -0.2) is 9.97 Å². The molecular formula is C18H18F3N3O2. The maximum atomic E-state index is 12.8. The van der Waals surface area contributed by atoms with Crippen LogP contribution in [0.4, 0.5) is 19.1 Å². The van der Waals surface area contributed by atoms with Crippen molar-refractivity contribution in [3.05, 3.63) is 47.8 Å². The lowest BCUT2D eigenvalue weighted by Gasteiger charge is -2.31. The van der Waals surface area contributed by atoms with Crippen molar-refractivity contribution in [1.82, 2.24) is 9.97 Å². The molecule has 1 saturated heterocycles. The van der Waals surface area contributed by atoms with Gasteiger partial charge in [-0.3, -0.25) is 4.79 Å². The number of aromatic nitrogens is 2. The number of carbonyl (C=O) groups is 1. The van der Waals surface area contributed by atoms with Gasteiger partial charge < -0.3 is 9.64 Å². The van der Waals surface area contributed by atoms with Crippen LogP contribution >= 0.6 is 0 Å². The van der Waals surface area contributed by atoms with Crippen LogP contribution < -0.4 is 9.64 Å². The van der Waals surface area contributed by atoms with Gasteiger partial charge >= 0.3 is 6.18 Å². The van der Waals surface area contributed by atoms with E-state index in [0.717, 1.165) is 12.3 Å². The Bertz CT molecular complexity index is 770. The highest BCUT2D eigenvalue weighted by molar-refractivity contribution is 5.98. The van der Waals surface area contributed by atoms with E-state index in [4.69, 9.17) is 4.74 Å². The number of alkyl halides is 3. The van der Waals surface area contributed by atoms with Gasteiger partial charge in [0, 0.05) is 30.8 Å². The van der Waals surface area contributed by atoms with Crippen molar-refractivity contribution < 1.29 is 22.7 Å². The lowest BCUT2D eigenvalue weighted by molar-refractivity contribution is -0.141. The van der Waals surface area contributed by atoms with Crippen LogP contribution in [0.3, 0.4) is 0 Å². The largest absolute Gasteiger partial charge is 0.497 e. The van der Waals surface area contributed by atoms with Crippen molar-refractivity contribution in [3.8, 4) is 5.75 Å². The highest BCUT2D eigenvalue weighted by Gasteiger charge is 2.34. The third kappa shape index (κ3) is 3.95. The van der Waals surface area contributed by atoms with Crippen molar-refractivity contribution >= 4 is 11.7 Å². The molecule has 0 amide bonds. The summed E-state index contributed by atoms with van der Waals surface area (Å²) in [6, 6.07) is 7.77. The van der Waals surface area contributed by atoms with Crippen LogP contribution in [0.25, 0.3) is 0 Å². The molecule has 8 heteroatoms. The summed E-state index contributed by atoms with van der Waals surface area (Å²) in [6.45, 7) is 0.877. The van der Waals surface area contributed by atoms with Gasteiger partial charge in [-0.1, -0.05) is 0 Å². The number of nitrogens with zero attached hydrogens (tertiary/aromatic N) is 3. The summed E-state index contributed by atoms with van der Waals surface area (Å²) in [7, 11) is 1.56. The van der Waals surface area contributed by atoms with Gasteiger partial charge in [0.15, 0.2) is 5.78 Å². The molecule has 2 aromatic rings. The van der Waals surface area contributed by atoms with E-state index < -0.39 is 11.9 Å². The molecule has 2 heterocycles. The monoisotopic (exact) mass is 365 g/mol. The van der Waals surface area contributed by atoms with Crippen molar-refractivity contribution in [3.63, 3.8) is 0 Å². The van der Waals surface area contributed by atoms with Crippen LogP contribution in [0.2, 0.25) is 0 Å².